The first-order valence-corrected chi connectivity index (χ1v) is 7.54. The fourth-order valence-electron chi connectivity index (χ4n) is 0.431. The van der Waals surface area contributed by atoms with Crippen molar-refractivity contribution in [2.24, 2.45) is 5.92 Å². The van der Waals surface area contributed by atoms with E-state index in [1.165, 1.54) is 0 Å². The fourth-order valence-corrected chi connectivity index (χ4v) is 0.843. The molecule has 0 rings (SSSR count). The molecular formula is C8H18O3Si. The van der Waals surface area contributed by atoms with E-state index < -0.39 is 8.32 Å². The topological polar surface area (TPSA) is 35.5 Å². The summed E-state index contributed by atoms with van der Waals surface area (Å²) in [6.45, 7) is 9.86. The maximum Gasteiger partial charge on any atom is 0.310 e. The predicted octanol–water partition coefficient (Wildman–Crippen LogP) is 1.99. The molecule has 0 aliphatic carbocycles. The number of hydrogen-bond acceptors (Lipinski definition) is 3. The van der Waals surface area contributed by atoms with Crippen molar-refractivity contribution in [1.82, 2.24) is 0 Å². The zero-order valence-electron chi connectivity index (χ0n) is 8.51. The zero-order valence-corrected chi connectivity index (χ0v) is 9.51. The molecule has 0 unspecified atom stereocenters. The molecule has 0 aromatic rings. The summed E-state index contributed by atoms with van der Waals surface area (Å²) < 4.78 is 10.2. The SMILES string of the molecule is CC(C)C(=O)OCO[Si](C)(C)C. The normalized spacial score (nSPS) is 11.8. The predicted molar refractivity (Wildman–Crippen MR) is 50.2 cm³/mol. The van der Waals surface area contributed by atoms with Crippen molar-refractivity contribution in [1.29, 1.82) is 0 Å². The van der Waals surface area contributed by atoms with E-state index in [-0.39, 0.29) is 18.7 Å². The van der Waals surface area contributed by atoms with Crippen LogP contribution in [0.25, 0.3) is 0 Å². The molecule has 0 aliphatic heterocycles. The number of ether oxygens (including phenoxy) is 1. The third-order valence-corrected chi connectivity index (χ3v) is 2.15. The van der Waals surface area contributed by atoms with Crippen LogP contribution in [0.4, 0.5) is 0 Å². The molecule has 0 saturated heterocycles. The van der Waals surface area contributed by atoms with Gasteiger partial charge in [-0.2, -0.15) is 0 Å². The molecule has 3 nitrogen and oxygen atoms in total. The Morgan fingerprint density at radius 1 is 1.33 bits per heavy atom. The van der Waals surface area contributed by atoms with Gasteiger partial charge in [0.2, 0.25) is 0 Å². The van der Waals surface area contributed by atoms with Gasteiger partial charge in [-0.15, -0.1) is 0 Å². The second-order valence-electron chi connectivity index (χ2n) is 3.99. The van der Waals surface area contributed by atoms with Crippen LogP contribution in [0.5, 0.6) is 0 Å². The molecule has 0 spiro atoms. The van der Waals surface area contributed by atoms with Crippen molar-refractivity contribution in [3.8, 4) is 0 Å². The molecule has 0 heterocycles. The fraction of sp³-hybridized carbons (Fsp3) is 0.875. The van der Waals surface area contributed by atoms with E-state index in [9.17, 15) is 4.79 Å². The summed E-state index contributed by atoms with van der Waals surface area (Å²) in [5, 5.41) is 0. The van der Waals surface area contributed by atoms with Gasteiger partial charge in [0.25, 0.3) is 0 Å². The Morgan fingerprint density at radius 3 is 2.17 bits per heavy atom. The third-order valence-electron chi connectivity index (χ3n) is 1.16. The minimum absolute atomic E-state index is 0.0739. The summed E-state index contributed by atoms with van der Waals surface area (Å²) in [5.74, 6) is -0.275. The van der Waals surface area contributed by atoms with Crippen LogP contribution in [0.15, 0.2) is 0 Å². The molecule has 72 valence electrons. The lowest BCUT2D eigenvalue weighted by Crippen LogP contribution is -2.28. The maximum atomic E-state index is 10.9. The van der Waals surface area contributed by atoms with Gasteiger partial charge in [-0.1, -0.05) is 13.8 Å². The average Bonchev–Trinajstić information content (AvgIpc) is 1.84. The Bertz CT molecular complexity index is 149. The summed E-state index contributed by atoms with van der Waals surface area (Å²) in [5.41, 5.74) is 0. The van der Waals surface area contributed by atoms with Gasteiger partial charge in [0.1, 0.15) is 0 Å². The Morgan fingerprint density at radius 2 is 1.83 bits per heavy atom. The van der Waals surface area contributed by atoms with Gasteiger partial charge < -0.3 is 9.16 Å². The molecule has 0 N–H and O–H groups in total. The molecule has 0 atom stereocenters. The lowest BCUT2D eigenvalue weighted by Gasteiger charge is -2.17. The standard InChI is InChI=1S/C8H18O3Si/c1-7(2)8(9)10-6-11-12(3,4)5/h7H,6H2,1-5H3. The van der Waals surface area contributed by atoms with Crippen LogP contribution in [-0.2, 0) is 14.0 Å². The first-order chi connectivity index (χ1) is 5.33. The van der Waals surface area contributed by atoms with Crippen LogP contribution in [0.3, 0.4) is 0 Å². The number of carbonyl (C=O) groups excluding carboxylic acids is 1. The summed E-state index contributed by atoms with van der Waals surface area (Å²) in [7, 11) is -1.54. The van der Waals surface area contributed by atoms with Crippen LogP contribution >= 0.6 is 0 Å². The molecule has 0 bridgehead atoms. The van der Waals surface area contributed by atoms with Crippen LogP contribution in [0.1, 0.15) is 13.8 Å². The maximum absolute atomic E-state index is 10.9. The minimum Gasteiger partial charge on any atom is -0.439 e. The first kappa shape index (κ1) is 11.6. The van der Waals surface area contributed by atoms with E-state index in [1.54, 1.807) is 13.8 Å². The monoisotopic (exact) mass is 190 g/mol. The Kier molecular flexibility index (Phi) is 4.48. The number of hydrogen-bond donors (Lipinski definition) is 0. The van der Waals surface area contributed by atoms with Gasteiger partial charge >= 0.3 is 5.97 Å². The van der Waals surface area contributed by atoms with Crippen LogP contribution in [0, 0.1) is 5.92 Å². The van der Waals surface area contributed by atoms with E-state index in [4.69, 9.17) is 9.16 Å². The molecule has 0 amide bonds. The van der Waals surface area contributed by atoms with Crippen LogP contribution in [-0.4, -0.2) is 21.1 Å². The molecule has 12 heavy (non-hydrogen) atoms. The van der Waals surface area contributed by atoms with E-state index in [0.29, 0.717) is 0 Å². The summed E-state index contributed by atoms with van der Waals surface area (Å²) >= 11 is 0. The van der Waals surface area contributed by atoms with Crippen molar-refractivity contribution in [3.05, 3.63) is 0 Å². The number of carbonyl (C=O) groups is 1. The third kappa shape index (κ3) is 6.36. The summed E-state index contributed by atoms with van der Waals surface area (Å²) in [4.78, 5) is 10.9. The second kappa shape index (κ2) is 4.62. The highest BCUT2D eigenvalue weighted by Crippen LogP contribution is 2.03. The quantitative estimate of drug-likeness (QED) is 0.386. The van der Waals surface area contributed by atoms with Crippen molar-refractivity contribution in [2.45, 2.75) is 33.5 Å². The van der Waals surface area contributed by atoms with Gasteiger partial charge in [0.05, 0.1) is 5.92 Å². The van der Waals surface area contributed by atoms with E-state index >= 15 is 0 Å². The summed E-state index contributed by atoms with van der Waals surface area (Å²) in [6, 6.07) is 0. The van der Waals surface area contributed by atoms with Crippen molar-refractivity contribution in [3.63, 3.8) is 0 Å². The molecule has 0 aromatic carbocycles. The van der Waals surface area contributed by atoms with Crippen molar-refractivity contribution < 1.29 is 14.0 Å². The first-order valence-electron chi connectivity index (χ1n) is 4.13. The Balaban J connectivity index is 3.51. The molecule has 0 radical (unpaired) electrons. The lowest BCUT2D eigenvalue weighted by molar-refractivity contribution is -0.154. The van der Waals surface area contributed by atoms with Crippen LogP contribution < -0.4 is 0 Å². The number of rotatable bonds is 4. The van der Waals surface area contributed by atoms with Gasteiger partial charge in [0, 0.05) is 0 Å². The lowest BCUT2D eigenvalue weighted by atomic mass is 10.2. The Labute approximate surface area is 75.2 Å². The zero-order chi connectivity index (χ0) is 9.78. The highest BCUT2D eigenvalue weighted by atomic mass is 28.4. The molecule has 0 aromatic heterocycles. The smallest absolute Gasteiger partial charge is 0.310 e. The van der Waals surface area contributed by atoms with E-state index in [1.807, 2.05) is 0 Å². The van der Waals surface area contributed by atoms with E-state index in [2.05, 4.69) is 19.6 Å². The van der Waals surface area contributed by atoms with E-state index in [0.717, 1.165) is 0 Å². The average molecular weight is 190 g/mol. The molecular weight excluding hydrogens is 172 g/mol. The Hall–Kier alpha value is -0.353. The highest BCUT2D eigenvalue weighted by molar-refractivity contribution is 6.69. The van der Waals surface area contributed by atoms with Crippen molar-refractivity contribution in [2.75, 3.05) is 6.79 Å². The largest absolute Gasteiger partial charge is 0.439 e. The van der Waals surface area contributed by atoms with Crippen LogP contribution in [0.2, 0.25) is 19.6 Å². The van der Waals surface area contributed by atoms with Gasteiger partial charge in [0.15, 0.2) is 15.1 Å². The summed E-state index contributed by atoms with van der Waals surface area (Å²) in [6.07, 6.45) is 0. The van der Waals surface area contributed by atoms with Crippen molar-refractivity contribution >= 4 is 14.3 Å². The minimum atomic E-state index is -1.54. The number of esters is 1. The highest BCUT2D eigenvalue weighted by Gasteiger charge is 2.15. The molecule has 0 aliphatic rings. The molecule has 0 fully saturated rings. The second-order valence-corrected chi connectivity index (χ2v) is 8.51. The molecule has 0 saturated carbocycles. The molecule has 4 heteroatoms. The van der Waals surface area contributed by atoms with Gasteiger partial charge in [-0.05, 0) is 19.6 Å². The van der Waals surface area contributed by atoms with Gasteiger partial charge in [-0.3, -0.25) is 4.79 Å². The van der Waals surface area contributed by atoms with Gasteiger partial charge in [-0.25, -0.2) is 0 Å².